The molecular formula is C8H11ClF7OS. The van der Waals surface area contributed by atoms with E-state index in [2.05, 4.69) is 4.74 Å². The summed E-state index contributed by atoms with van der Waals surface area (Å²) in [6.07, 6.45) is -5.78. The van der Waals surface area contributed by atoms with Gasteiger partial charge in [-0.1, -0.05) is 24.8 Å². The number of hydrogen-bond acceptors (Lipinski definition) is 1. The molecule has 0 bridgehead atoms. The van der Waals surface area contributed by atoms with E-state index in [1.54, 1.807) is 6.07 Å². The van der Waals surface area contributed by atoms with Crippen molar-refractivity contribution in [1.82, 2.24) is 0 Å². The highest BCUT2D eigenvalue weighted by Gasteiger charge is 2.21. The van der Waals surface area contributed by atoms with E-state index in [0.29, 0.717) is 0 Å². The average Bonchev–Trinajstić information content (AvgIpc) is 2.08. The van der Waals surface area contributed by atoms with Gasteiger partial charge in [-0.05, 0) is 12.1 Å². The molecule has 0 aliphatic heterocycles. The Morgan fingerprint density at radius 1 is 0.944 bits per heavy atom. The molecular weight excluding hydrogens is 313 g/mol. The van der Waals surface area contributed by atoms with Crippen LogP contribution in [0.2, 0.25) is 0 Å². The summed E-state index contributed by atoms with van der Waals surface area (Å²) in [5.41, 5.74) is 0. The van der Waals surface area contributed by atoms with Crippen LogP contribution in [0.15, 0.2) is 29.2 Å². The fourth-order valence-electron chi connectivity index (χ4n) is 0.720. The van der Waals surface area contributed by atoms with Crippen LogP contribution in [0.1, 0.15) is 0 Å². The van der Waals surface area contributed by atoms with Gasteiger partial charge in [-0.2, -0.15) is 4.39 Å². The largest absolute Gasteiger partial charge is 0.453 e. The average molecular weight is 324 g/mol. The third-order valence-electron chi connectivity index (χ3n) is 1.29. The Balaban J connectivity index is -0.000000113. The Bertz CT molecular complexity index is 292. The zero-order valence-electron chi connectivity index (χ0n) is 8.46. The number of ether oxygens (including phenoxy) is 1. The molecule has 0 heterocycles. The van der Waals surface area contributed by atoms with Crippen LogP contribution in [0, 0.1) is 0 Å². The van der Waals surface area contributed by atoms with Crippen molar-refractivity contribution in [3.05, 3.63) is 24.3 Å². The molecule has 0 aliphatic carbocycles. The van der Waals surface area contributed by atoms with Gasteiger partial charge < -0.3 is 4.74 Å². The molecule has 1 aromatic carbocycles. The molecule has 0 aliphatic rings. The molecule has 111 valence electrons. The number of rotatable bonds is 3. The van der Waals surface area contributed by atoms with Gasteiger partial charge in [0.05, 0.1) is 4.90 Å². The molecule has 1 nitrogen and oxygen atoms in total. The maximum atomic E-state index is 12.4. The molecule has 0 amide bonds. The summed E-state index contributed by atoms with van der Waals surface area (Å²) in [4.78, 5) is 0.214. The molecule has 0 fully saturated rings. The molecule has 1 atom stereocenters. The van der Waals surface area contributed by atoms with Crippen LogP contribution in [0.5, 0.6) is 5.75 Å². The summed E-state index contributed by atoms with van der Waals surface area (Å²) in [7, 11) is 0. The van der Waals surface area contributed by atoms with Crippen LogP contribution >= 0.6 is 25.0 Å². The molecule has 0 aromatic heterocycles. The Hall–Kier alpha value is -0.960. The fraction of sp³-hybridized carbons (Fsp3) is 0.250. The highest BCUT2D eigenvalue weighted by Crippen LogP contribution is 2.24. The van der Waals surface area contributed by atoms with Gasteiger partial charge >= 0.3 is 6.43 Å². The maximum absolute atomic E-state index is 12.4. The minimum absolute atomic E-state index is 0. The Labute approximate surface area is 110 Å². The molecule has 1 radical (unpaired) electrons. The van der Waals surface area contributed by atoms with Gasteiger partial charge in [0, 0.05) is 0 Å². The number of para-hydroxylation sites is 1. The fourth-order valence-corrected chi connectivity index (χ4v) is 0.915. The standard InChI is InChI=1S/C8H6F3OS.ClH.4FH/c9-7(10)8(11)12-5-3-1-2-4-6(5)13;;;;;/h1-4,7-8H;5*1H. The normalized spacial score (nSPS) is 9.33. The highest BCUT2D eigenvalue weighted by atomic mass is 35.5. The Morgan fingerprint density at radius 3 is 1.78 bits per heavy atom. The van der Waals surface area contributed by atoms with E-state index >= 15 is 0 Å². The monoisotopic (exact) mass is 323 g/mol. The molecule has 18 heavy (non-hydrogen) atoms. The van der Waals surface area contributed by atoms with Crippen molar-refractivity contribution in [2.24, 2.45) is 0 Å². The topological polar surface area (TPSA) is 9.23 Å². The van der Waals surface area contributed by atoms with Crippen molar-refractivity contribution in [1.29, 1.82) is 0 Å². The predicted octanol–water partition coefficient (Wildman–Crippen LogP) is 4.21. The summed E-state index contributed by atoms with van der Waals surface area (Å²) >= 11 is 4.72. The number of halogens is 8. The van der Waals surface area contributed by atoms with E-state index in [1.807, 2.05) is 0 Å². The lowest BCUT2D eigenvalue weighted by atomic mass is 10.3. The highest BCUT2D eigenvalue weighted by molar-refractivity contribution is 7.80. The Morgan fingerprint density at radius 2 is 1.39 bits per heavy atom. The number of alkyl halides is 3. The predicted molar refractivity (Wildman–Crippen MR) is 61.1 cm³/mol. The van der Waals surface area contributed by atoms with Crippen molar-refractivity contribution in [3.8, 4) is 5.75 Å². The molecule has 1 rings (SSSR count). The maximum Gasteiger partial charge on any atom is 0.304 e. The minimum Gasteiger partial charge on any atom is -0.453 e. The summed E-state index contributed by atoms with van der Waals surface area (Å²) in [5, 5.41) is 0. The number of hydrogen-bond donors (Lipinski definition) is 0. The van der Waals surface area contributed by atoms with Gasteiger partial charge in [0.2, 0.25) is 0 Å². The first-order valence-electron chi connectivity index (χ1n) is 3.46. The molecule has 0 saturated heterocycles. The summed E-state index contributed by atoms with van der Waals surface area (Å²) in [6.45, 7) is 0. The SMILES string of the molecule is Cl.F.F.F.F.FC(F)C(F)Oc1ccccc1[S]. The molecule has 0 N–H and O–H groups in total. The summed E-state index contributed by atoms with van der Waals surface area (Å²) in [5.74, 6) is -0.0368. The van der Waals surface area contributed by atoms with E-state index in [4.69, 9.17) is 12.6 Å². The Kier molecular flexibility index (Phi) is 23.7. The van der Waals surface area contributed by atoms with Crippen molar-refractivity contribution in [3.63, 3.8) is 0 Å². The number of benzene rings is 1. The second kappa shape index (κ2) is 14.1. The molecule has 1 aromatic rings. The second-order valence-electron chi connectivity index (χ2n) is 2.25. The second-order valence-corrected chi connectivity index (χ2v) is 2.69. The van der Waals surface area contributed by atoms with Crippen LogP contribution < -0.4 is 4.74 Å². The van der Waals surface area contributed by atoms with Crippen molar-refractivity contribution in [2.75, 3.05) is 0 Å². The smallest absolute Gasteiger partial charge is 0.304 e. The summed E-state index contributed by atoms with van der Waals surface area (Å²) < 4.78 is 40.1. The van der Waals surface area contributed by atoms with Crippen LogP contribution in [0.3, 0.4) is 0 Å². The van der Waals surface area contributed by atoms with E-state index in [-0.39, 0.29) is 41.9 Å². The van der Waals surface area contributed by atoms with Crippen molar-refractivity contribution >= 4 is 25.0 Å². The lowest BCUT2D eigenvalue weighted by Crippen LogP contribution is -2.19. The van der Waals surface area contributed by atoms with Crippen LogP contribution in [-0.4, -0.2) is 12.8 Å². The third-order valence-corrected chi connectivity index (χ3v) is 1.62. The van der Waals surface area contributed by atoms with Crippen molar-refractivity contribution < 1.29 is 36.7 Å². The molecule has 0 spiro atoms. The first kappa shape index (κ1) is 30.2. The van der Waals surface area contributed by atoms with Crippen LogP contribution in [0.4, 0.5) is 32.0 Å². The lowest BCUT2D eigenvalue weighted by molar-refractivity contribution is -0.0681. The van der Waals surface area contributed by atoms with Gasteiger partial charge in [0.15, 0.2) is 0 Å². The van der Waals surface area contributed by atoms with Gasteiger partial charge in [0.25, 0.3) is 6.36 Å². The van der Waals surface area contributed by atoms with Crippen LogP contribution in [0.25, 0.3) is 0 Å². The van der Waals surface area contributed by atoms with Gasteiger partial charge in [-0.15, -0.1) is 12.4 Å². The van der Waals surface area contributed by atoms with Gasteiger partial charge in [0.1, 0.15) is 5.75 Å². The van der Waals surface area contributed by atoms with Gasteiger partial charge in [-0.25, -0.2) is 8.78 Å². The minimum atomic E-state index is -3.16. The third kappa shape index (κ3) is 9.11. The first-order valence-corrected chi connectivity index (χ1v) is 3.87. The molecule has 0 saturated carbocycles. The molecule has 10 heteroatoms. The quantitative estimate of drug-likeness (QED) is 0.757. The van der Waals surface area contributed by atoms with Crippen LogP contribution in [-0.2, 0) is 0 Å². The van der Waals surface area contributed by atoms with Crippen molar-refractivity contribution in [2.45, 2.75) is 17.7 Å². The lowest BCUT2D eigenvalue weighted by Gasteiger charge is -2.10. The zero-order valence-corrected chi connectivity index (χ0v) is 10.1. The first-order chi connectivity index (χ1) is 6.11. The molecule has 1 unspecified atom stereocenters. The summed E-state index contributed by atoms with van der Waals surface area (Å²) in [6, 6.07) is 5.97. The van der Waals surface area contributed by atoms with E-state index in [1.165, 1.54) is 18.2 Å². The van der Waals surface area contributed by atoms with E-state index in [9.17, 15) is 13.2 Å². The zero-order chi connectivity index (χ0) is 9.84. The van der Waals surface area contributed by atoms with E-state index < -0.39 is 12.8 Å². The van der Waals surface area contributed by atoms with Gasteiger partial charge in [-0.3, -0.25) is 18.8 Å². The van der Waals surface area contributed by atoms with E-state index in [0.717, 1.165) is 0 Å².